The van der Waals surface area contributed by atoms with Crippen LogP contribution in [0.4, 0.5) is 0 Å². The standard InChI is InChI=1S/C41H67N3O44S4.7Na/c1-7(2)75-38-14(44-8(3)46)17(49)25(11(78-38)6-74-90(64,65)66)81-41-30(88-92(70,71)72)22(54)27(32(86-41)35(59)60)83-36-12(42)15(47)23(9(4-45)76-36)79-39-21(53)20(52)26(31(85-39)34(57)58)82-37-13(43)16(48)24(10(77-37)5-73-89(61,62)63)80-40-29(87-91(67,68)69)19(51)18(50)28(84-40)33(55)56;;;;;;;/h7,9-32,36-41,45,47-54H,4-6,42-43H2,1-3H3,(H,44,46)(H,55,56)(H,57,58)(H,59,60)(H,61,62,63)(H,64,65,66)(H,67,68,69)(H,70,71,72);;;;;;;/q;7*+1/p-7/t9-,10-,11-,12-,13-,14-,15-,16-,17-,18+,19+,20-,21-,22+,23-,24-,25-,26+,27+,28-,29-,30-,31-,32-,36-,37-,38+,39-,40-,41-;;;;;;;/m1......./s1. The quantitative estimate of drug-likeness (QED) is 0.0206. The molecule has 6 aliphatic rings. The van der Waals surface area contributed by atoms with Crippen molar-refractivity contribution in [3.05, 3.63) is 0 Å². The van der Waals surface area contributed by atoms with Crippen molar-refractivity contribution < 1.29 is 413 Å². The number of rotatable bonds is 27. The molecule has 0 aromatic heterocycles. The van der Waals surface area contributed by atoms with E-state index in [0.717, 1.165) is 6.92 Å². The van der Waals surface area contributed by atoms with E-state index in [0.29, 0.717) is 0 Å². The maximum atomic E-state index is 12.7. The van der Waals surface area contributed by atoms with Crippen LogP contribution >= 0.6 is 0 Å². The average molecular weight is 1590 g/mol. The van der Waals surface area contributed by atoms with Gasteiger partial charge in [-0.3, -0.25) is 21.5 Å². The number of hydrogen-bond donors (Lipinski definition) is 12. The Kier molecular flexibility index (Phi) is 46.5. The van der Waals surface area contributed by atoms with Crippen molar-refractivity contribution in [3.8, 4) is 0 Å². The van der Waals surface area contributed by atoms with Gasteiger partial charge in [0.15, 0.2) is 49.9 Å². The molecule has 6 aliphatic heterocycles. The Balaban J connectivity index is 0. The molecule has 0 aliphatic carbocycles. The molecule has 6 rings (SSSR count). The van der Waals surface area contributed by atoms with Crippen LogP contribution in [0, 0.1) is 0 Å². The zero-order chi connectivity index (χ0) is 69.3. The largest absolute Gasteiger partial charge is 1.00 e. The second-order valence-electron chi connectivity index (χ2n) is 20.9. The SMILES string of the molecule is CC(=O)N[C@H]1[C@@H](OC(C)C)O[C@H](COS(=O)(=O)[O-])[C@@H](O[C@@H]2O[C@@H](C(=O)[O-])[C@@H](O[C@H]3O[C@H](CO)[C@@H](O[C@@H]4O[C@@H](C(=O)[O-])[C@@H](O[C@H]5O[C@H](COS(=O)(=O)[O-])[C@@H](O[C@@H]6O[C@@H](C(=O)[O-])[C@@H](O)[C@H](O)[C@H]6OS(=O)(=O)[O-])[C@H](O)[C@H]5N)[C@H](O)[C@H]4O)[C@H](O)[C@H]3N)[C@H](O)[C@H]2OS(=O)(=O)[O-])[C@@H]1O.[Na+].[Na+].[Na+].[Na+].[Na+].[Na+].[Na+]. The van der Waals surface area contributed by atoms with Crippen LogP contribution < -0.4 is 239 Å². The van der Waals surface area contributed by atoms with Crippen LogP contribution in [0.3, 0.4) is 0 Å². The fourth-order valence-corrected chi connectivity index (χ4v) is 11.6. The number of aliphatic carboxylic acids is 3. The predicted molar refractivity (Wildman–Crippen MR) is 257 cm³/mol. The second-order valence-corrected chi connectivity index (χ2v) is 25.0. The predicted octanol–water partition coefficient (Wildman–Crippen LogP) is -39.4. The summed E-state index contributed by atoms with van der Waals surface area (Å²) in [7, 11) is -23.5. The summed E-state index contributed by atoms with van der Waals surface area (Å²) in [5.74, 6) is -8.01. The van der Waals surface area contributed by atoms with Crippen LogP contribution in [-0.2, 0) is 134 Å². The third kappa shape index (κ3) is 28.6. The number of aliphatic hydroxyl groups excluding tert-OH is 9. The number of carbonyl (C=O) groups excluding carboxylic acids is 4. The summed E-state index contributed by atoms with van der Waals surface area (Å²) in [5.41, 5.74) is 12.2. The van der Waals surface area contributed by atoms with Gasteiger partial charge in [-0.1, -0.05) is 0 Å². The molecular weight excluding hydrogens is 1530 g/mol. The molecule has 0 spiro atoms. The van der Waals surface area contributed by atoms with Gasteiger partial charge in [0, 0.05) is 6.92 Å². The van der Waals surface area contributed by atoms with Crippen LogP contribution in [0.2, 0.25) is 0 Å². The van der Waals surface area contributed by atoms with Crippen molar-refractivity contribution in [2.24, 2.45) is 11.5 Å². The molecule has 1 amide bonds. The molecule has 0 saturated carbocycles. The zero-order valence-electron chi connectivity index (χ0n) is 53.6. The topological polar surface area (TPSA) is 760 Å². The molecule has 6 fully saturated rings. The van der Waals surface area contributed by atoms with Crippen LogP contribution in [0.5, 0.6) is 0 Å². The first-order chi connectivity index (χ1) is 42.3. The van der Waals surface area contributed by atoms with Crippen molar-refractivity contribution in [1.29, 1.82) is 0 Å². The summed E-state index contributed by atoms with van der Waals surface area (Å²) >= 11 is 0. The van der Waals surface area contributed by atoms with E-state index >= 15 is 0 Å². The molecule has 47 nitrogen and oxygen atoms in total. The Morgan fingerprint density at radius 2 is 0.758 bits per heavy atom. The summed E-state index contributed by atoms with van der Waals surface area (Å²) in [5, 5.41) is 139. The fraction of sp³-hybridized carbons (Fsp3) is 0.902. The van der Waals surface area contributed by atoms with E-state index in [2.05, 4.69) is 22.0 Å². The maximum absolute atomic E-state index is 12.7. The van der Waals surface area contributed by atoms with Gasteiger partial charge in [0.1, 0.15) is 122 Å². The molecule has 534 valence electrons. The Hall–Kier alpha value is 3.44. The molecule has 99 heavy (non-hydrogen) atoms. The van der Waals surface area contributed by atoms with E-state index in [4.69, 9.17) is 68.3 Å². The summed E-state index contributed by atoms with van der Waals surface area (Å²) in [6.07, 6.45) is -68.9. The Labute approximate surface area is 716 Å². The van der Waals surface area contributed by atoms with Crippen LogP contribution in [0.1, 0.15) is 20.8 Å². The minimum Gasteiger partial charge on any atom is -0.726 e. The van der Waals surface area contributed by atoms with E-state index < -0.39 is 275 Å². The van der Waals surface area contributed by atoms with Crippen molar-refractivity contribution in [1.82, 2.24) is 5.32 Å². The number of hydrogen-bond acceptors (Lipinski definition) is 46. The monoisotopic (exact) mass is 1590 g/mol. The molecule has 0 radical (unpaired) electrons. The smallest absolute Gasteiger partial charge is 0.726 e. The molecule has 0 bridgehead atoms. The average Bonchev–Trinajstić information content (AvgIpc) is 0.776. The van der Waals surface area contributed by atoms with Gasteiger partial charge in [0.25, 0.3) is 0 Å². The number of carbonyl (C=O) groups is 4. The number of nitrogens with one attached hydrogen (secondary N) is 1. The van der Waals surface area contributed by atoms with Crippen molar-refractivity contribution in [2.75, 3.05) is 19.8 Å². The third-order valence-electron chi connectivity index (χ3n) is 14.0. The summed E-state index contributed by atoms with van der Waals surface area (Å²) < 4.78 is 222. The van der Waals surface area contributed by atoms with E-state index in [1.165, 1.54) is 13.8 Å². The van der Waals surface area contributed by atoms with Gasteiger partial charge in [-0.25, -0.2) is 33.7 Å². The normalized spacial score (nSPS) is 39.6. The number of ether oxygens (including phenoxy) is 12. The number of aliphatic hydroxyl groups is 9. The number of carboxylic acids is 3. The Morgan fingerprint density at radius 1 is 0.424 bits per heavy atom. The minimum absolute atomic E-state index is 0. The van der Waals surface area contributed by atoms with Gasteiger partial charge in [0.05, 0.1) is 55.9 Å². The van der Waals surface area contributed by atoms with E-state index in [-0.39, 0.29) is 207 Å². The van der Waals surface area contributed by atoms with Crippen molar-refractivity contribution in [3.63, 3.8) is 0 Å². The zero-order valence-corrected chi connectivity index (χ0v) is 70.9. The van der Waals surface area contributed by atoms with E-state index in [1.54, 1.807) is 0 Å². The first kappa shape index (κ1) is 104. The van der Waals surface area contributed by atoms with Crippen LogP contribution in [-0.4, -0.2) is 332 Å². The summed E-state index contributed by atoms with van der Waals surface area (Å²) in [4.78, 5) is 49.3. The van der Waals surface area contributed by atoms with Crippen LogP contribution in [0.25, 0.3) is 0 Å². The number of amides is 1. The molecular formula is C41H60N3Na7O44S4. The minimum atomic E-state index is -6.11. The van der Waals surface area contributed by atoms with Gasteiger partial charge in [-0.15, -0.1) is 0 Å². The molecule has 0 aromatic rings. The summed E-state index contributed by atoms with van der Waals surface area (Å²) in [6, 6.07) is -6.20. The molecule has 14 N–H and O–H groups in total. The summed E-state index contributed by atoms with van der Waals surface area (Å²) in [6.45, 7) is -0.570. The molecule has 0 unspecified atom stereocenters. The number of carboxylic acid groups (broad SMARTS) is 3. The first-order valence-electron chi connectivity index (χ1n) is 26.1. The van der Waals surface area contributed by atoms with E-state index in [9.17, 15) is 132 Å². The third-order valence-corrected chi connectivity index (χ3v) is 15.8. The fourth-order valence-electron chi connectivity index (χ4n) is 10.0. The molecule has 6 heterocycles. The Morgan fingerprint density at radius 3 is 1.14 bits per heavy atom. The number of nitrogens with two attached hydrogens (primary N) is 2. The van der Waals surface area contributed by atoms with Gasteiger partial charge in [0.2, 0.25) is 47.5 Å². The first-order valence-corrected chi connectivity index (χ1v) is 31.5. The Bertz CT molecular complexity index is 3040. The van der Waals surface area contributed by atoms with Gasteiger partial charge < -0.3 is 167 Å². The molecule has 0 aromatic carbocycles. The van der Waals surface area contributed by atoms with Gasteiger partial charge >= 0.3 is 207 Å². The molecule has 6 saturated heterocycles. The van der Waals surface area contributed by atoms with Gasteiger partial charge in [-0.05, 0) is 13.8 Å². The van der Waals surface area contributed by atoms with Gasteiger partial charge in [-0.2, -0.15) is 0 Å². The molecule has 30 atom stereocenters. The van der Waals surface area contributed by atoms with Crippen LogP contribution in [0.15, 0.2) is 0 Å². The van der Waals surface area contributed by atoms with Crippen molar-refractivity contribution >= 4 is 65.4 Å². The maximum Gasteiger partial charge on any atom is 1.00 e. The van der Waals surface area contributed by atoms with E-state index in [1.807, 2.05) is 0 Å². The van der Waals surface area contributed by atoms with Crippen molar-refractivity contribution in [2.45, 2.75) is 211 Å². The second kappa shape index (κ2) is 44.0. The molecule has 58 heteroatoms.